The highest BCUT2D eigenvalue weighted by Crippen LogP contribution is 2.43. The highest BCUT2D eigenvalue weighted by atomic mass is 79.9. The predicted molar refractivity (Wildman–Crippen MR) is 93.7 cm³/mol. The third-order valence-corrected chi connectivity index (χ3v) is 11.4. The maximum Gasteiger partial charge on any atom is 0.192 e. The fraction of sp³-hybridized carbons (Fsp3) is 1.00. The van der Waals surface area contributed by atoms with Crippen LogP contribution >= 0.6 is 27.5 Å². The van der Waals surface area contributed by atoms with Crippen LogP contribution in [0.5, 0.6) is 0 Å². The van der Waals surface area contributed by atoms with Crippen molar-refractivity contribution in [2.24, 2.45) is 0 Å². The van der Waals surface area contributed by atoms with Crippen molar-refractivity contribution in [3.8, 4) is 0 Å². The number of ether oxygens (including phenoxy) is 1. The van der Waals surface area contributed by atoms with E-state index in [4.69, 9.17) is 20.8 Å². The Bertz CT molecular complexity index is 354. The van der Waals surface area contributed by atoms with Crippen molar-refractivity contribution in [2.45, 2.75) is 87.5 Å². The normalized spacial score (nSPS) is 35.1. The van der Waals surface area contributed by atoms with Gasteiger partial charge in [-0.15, -0.1) is 11.6 Å². The minimum atomic E-state index is -1.78. The predicted octanol–water partition coefficient (Wildman–Crippen LogP) is 5.34. The molecule has 3 atom stereocenters. The largest absolute Gasteiger partial charge is 0.414 e. The standard InChI is InChI=1S/C15H30BrClO2Si/c1-13(2,3)20(7,8)18-10-15(6)12(17)9-11(16)14(4,5)19-15/h11-12H,9-10H2,1-8H3/t11-,12+,15+/m0/s1. The van der Waals surface area contributed by atoms with Crippen LogP contribution in [-0.4, -0.2) is 36.3 Å². The third kappa shape index (κ3) is 4.01. The minimum absolute atomic E-state index is 0.0373. The van der Waals surface area contributed by atoms with Crippen LogP contribution in [0, 0.1) is 0 Å². The first-order valence-corrected chi connectivity index (χ1v) is 11.6. The minimum Gasteiger partial charge on any atom is -0.414 e. The van der Waals surface area contributed by atoms with Crippen molar-refractivity contribution in [1.29, 1.82) is 0 Å². The summed E-state index contributed by atoms with van der Waals surface area (Å²) >= 11 is 10.3. The summed E-state index contributed by atoms with van der Waals surface area (Å²) in [6, 6.07) is 0. The van der Waals surface area contributed by atoms with Gasteiger partial charge in [-0.2, -0.15) is 0 Å². The first kappa shape index (κ1) is 19.0. The molecule has 20 heavy (non-hydrogen) atoms. The highest BCUT2D eigenvalue weighted by molar-refractivity contribution is 9.09. The van der Waals surface area contributed by atoms with E-state index in [0.717, 1.165) is 6.42 Å². The summed E-state index contributed by atoms with van der Waals surface area (Å²) in [5, 5.41) is 0.164. The van der Waals surface area contributed by atoms with Gasteiger partial charge >= 0.3 is 0 Å². The highest BCUT2D eigenvalue weighted by Gasteiger charge is 2.50. The molecule has 2 nitrogen and oxygen atoms in total. The van der Waals surface area contributed by atoms with Gasteiger partial charge in [-0.05, 0) is 45.3 Å². The van der Waals surface area contributed by atoms with Crippen molar-refractivity contribution < 1.29 is 9.16 Å². The van der Waals surface area contributed by atoms with Gasteiger partial charge in [0.1, 0.15) is 5.60 Å². The number of alkyl halides is 2. The summed E-state index contributed by atoms with van der Waals surface area (Å²) in [5.41, 5.74) is -0.651. The van der Waals surface area contributed by atoms with Crippen LogP contribution in [0.4, 0.5) is 0 Å². The molecule has 0 saturated carbocycles. The Kier molecular flexibility index (Phi) is 5.53. The van der Waals surface area contributed by atoms with Crippen LogP contribution in [0.15, 0.2) is 0 Å². The van der Waals surface area contributed by atoms with Crippen LogP contribution in [0.25, 0.3) is 0 Å². The Labute approximate surface area is 139 Å². The average molecular weight is 386 g/mol. The molecule has 0 aromatic heterocycles. The Morgan fingerprint density at radius 2 is 1.80 bits per heavy atom. The second-order valence-electron chi connectivity index (χ2n) is 8.24. The molecule has 0 spiro atoms. The average Bonchev–Trinajstić information content (AvgIpc) is 2.22. The first-order valence-electron chi connectivity index (χ1n) is 7.33. The quantitative estimate of drug-likeness (QED) is 0.482. The number of hydrogen-bond donors (Lipinski definition) is 0. The van der Waals surface area contributed by atoms with Gasteiger partial charge in [-0.25, -0.2) is 0 Å². The lowest BCUT2D eigenvalue weighted by atomic mass is 9.88. The van der Waals surface area contributed by atoms with Crippen molar-refractivity contribution in [1.82, 2.24) is 0 Å². The molecule has 0 amide bonds. The summed E-state index contributed by atoms with van der Waals surface area (Å²) < 4.78 is 12.7. The number of rotatable bonds is 3. The van der Waals surface area contributed by atoms with Gasteiger partial charge in [0, 0.05) is 4.83 Å². The van der Waals surface area contributed by atoms with Crippen LogP contribution in [0.3, 0.4) is 0 Å². The topological polar surface area (TPSA) is 18.5 Å². The van der Waals surface area contributed by atoms with Crippen LogP contribution < -0.4 is 0 Å². The van der Waals surface area contributed by atoms with Gasteiger partial charge in [-0.1, -0.05) is 36.7 Å². The number of hydrogen-bond acceptors (Lipinski definition) is 2. The third-order valence-electron chi connectivity index (χ3n) is 4.85. The van der Waals surface area contributed by atoms with E-state index in [9.17, 15) is 0 Å². The lowest BCUT2D eigenvalue weighted by molar-refractivity contribution is -0.171. The van der Waals surface area contributed by atoms with Gasteiger partial charge in [0.2, 0.25) is 0 Å². The van der Waals surface area contributed by atoms with Crippen LogP contribution in [0.2, 0.25) is 18.1 Å². The first-order chi connectivity index (χ1) is 8.71. The summed E-state index contributed by atoms with van der Waals surface area (Å²) in [5.74, 6) is 0. The molecule has 1 heterocycles. The molecule has 0 aliphatic carbocycles. The molecule has 0 radical (unpaired) electrons. The molecule has 1 fully saturated rings. The van der Waals surface area contributed by atoms with Crippen molar-refractivity contribution >= 4 is 35.8 Å². The zero-order valence-corrected chi connectivity index (χ0v) is 17.5. The van der Waals surface area contributed by atoms with E-state index >= 15 is 0 Å². The fourth-order valence-corrected chi connectivity index (χ4v) is 4.15. The molecule has 1 saturated heterocycles. The van der Waals surface area contributed by atoms with Gasteiger partial charge in [0.05, 0.1) is 17.6 Å². The molecule has 120 valence electrons. The van der Waals surface area contributed by atoms with Gasteiger partial charge in [0.15, 0.2) is 8.32 Å². The molecule has 5 heteroatoms. The van der Waals surface area contributed by atoms with Gasteiger partial charge < -0.3 is 9.16 Å². The van der Waals surface area contributed by atoms with Crippen molar-refractivity contribution in [2.75, 3.05) is 6.61 Å². The monoisotopic (exact) mass is 384 g/mol. The Morgan fingerprint density at radius 1 is 1.30 bits per heavy atom. The van der Waals surface area contributed by atoms with E-state index in [1.165, 1.54) is 0 Å². The maximum atomic E-state index is 6.57. The van der Waals surface area contributed by atoms with E-state index in [0.29, 0.717) is 6.61 Å². The second-order valence-corrected chi connectivity index (χ2v) is 14.7. The number of halogens is 2. The molecule has 1 aliphatic rings. The molecule has 1 rings (SSSR count). The van der Waals surface area contributed by atoms with E-state index in [1.54, 1.807) is 0 Å². The Morgan fingerprint density at radius 3 is 2.25 bits per heavy atom. The van der Waals surface area contributed by atoms with Crippen molar-refractivity contribution in [3.63, 3.8) is 0 Å². The van der Waals surface area contributed by atoms with Gasteiger partial charge in [-0.3, -0.25) is 0 Å². The van der Waals surface area contributed by atoms with Crippen molar-refractivity contribution in [3.05, 3.63) is 0 Å². The van der Waals surface area contributed by atoms with E-state index < -0.39 is 13.9 Å². The molecule has 0 aromatic rings. The van der Waals surface area contributed by atoms with Gasteiger partial charge in [0.25, 0.3) is 0 Å². The molecule has 0 N–H and O–H groups in total. The maximum absolute atomic E-state index is 6.57. The Hall–Kier alpha value is 0.907. The molecule has 0 bridgehead atoms. The SMILES string of the molecule is CC1(C)O[C@](C)(CO[Si](C)(C)C(C)(C)C)[C@H](Cl)C[C@@H]1Br. The smallest absolute Gasteiger partial charge is 0.192 e. The van der Waals surface area contributed by atoms with Crippen LogP contribution in [0.1, 0.15) is 48.0 Å². The molecule has 0 unspecified atom stereocenters. The Balaban J connectivity index is 2.80. The zero-order chi connectivity index (χ0) is 16.0. The molecular formula is C15H30BrClO2Si. The lowest BCUT2D eigenvalue weighted by Crippen LogP contribution is -2.59. The summed E-state index contributed by atoms with van der Waals surface area (Å²) in [7, 11) is -1.78. The second kappa shape index (κ2) is 5.84. The fourth-order valence-electron chi connectivity index (χ4n) is 2.10. The van der Waals surface area contributed by atoms with E-state index in [2.05, 4.69) is 70.6 Å². The summed E-state index contributed by atoms with van der Waals surface area (Å²) in [6.07, 6.45) is 0.895. The summed E-state index contributed by atoms with van der Waals surface area (Å²) in [6.45, 7) is 18.2. The summed E-state index contributed by atoms with van der Waals surface area (Å²) in [4.78, 5) is 0.276. The molecule has 1 aliphatic heterocycles. The van der Waals surface area contributed by atoms with E-state index in [-0.39, 0.29) is 20.8 Å². The van der Waals surface area contributed by atoms with E-state index in [1.807, 2.05) is 0 Å². The zero-order valence-electron chi connectivity index (χ0n) is 14.1. The lowest BCUT2D eigenvalue weighted by Gasteiger charge is -2.50. The molecule has 0 aromatic carbocycles. The van der Waals surface area contributed by atoms with Crippen LogP contribution in [-0.2, 0) is 9.16 Å². The molecular weight excluding hydrogens is 356 g/mol.